The number of rotatable bonds is 3. The molecule has 4 rings (SSSR count). The fourth-order valence-electron chi connectivity index (χ4n) is 3.04. The molecule has 0 spiro atoms. The molecular formula is C23H18N2O. The van der Waals surface area contributed by atoms with Crippen molar-refractivity contribution in [2.75, 3.05) is 0 Å². The molecule has 1 heterocycles. The van der Waals surface area contributed by atoms with Crippen LogP contribution in [0.2, 0.25) is 0 Å². The Kier molecular flexibility index (Phi) is 4.20. The van der Waals surface area contributed by atoms with Crippen molar-refractivity contribution >= 4 is 23.1 Å². The van der Waals surface area contributed by atoms with Gasteiger partial charge < -0.3 is 0 Å². The van der Waals surface area contributed by atoms with Crippen molar-refractivity contribution in [1.29, 1.82) is 0 Å². The predicted molar refractivity (Wildman–Crippen MR) is 107 cm³/mol. The molecule has 0 bridgehead atoms. The van der Waals surface area contributed by atoms with E-state index in [0.29, 0.717) is 16.7 Å². The first-order valence-electron chi connectivity index (χ1n) is 8.55. The zero-order chi connectivity index (χ0) is 17.9. The Balaban J connectivity index is 1.99. The van der Waals surface area contributed by atoms with Crippen LogP contribution >= 0.6 is 0 Å². The summed E-state index contributed by atoms with van der Waals surface area (Å²) in [5, 5.41) is 0.618. The smallest absolute Gasteiger partial charge is 0.266 e. The van der Waals surface area contributed by atoms with Crippen LogP contribution in [0.4, 0.5) is 0 Å². The summed E-state index contributed by atoms with van der Waals surface area (Å²) in [6.07, 6.45) is 3.88. The number of aryl methyl sites for hydroxylation is 1. The highest BCUT2D eigenvalue weighted by Gasteiger charge is 2.12. The second kappa shape index (κ2) is 6.81. The minimum Gasteiger partial charge on any atom is -0.268 e. The normalized spacial score (nSPS) is 11.3. The van der Waals surface area contributed by atoms with Crippen LogP contribution < -0.4 is 5.56 Å². The molecule has 0 saturated heterocycles. The average Bonchev–Trinajstić information content (AvgIpc) is 2.68. The molecule has 0 radical (unpaired) electrons. The molecule has 0 amide bonds. The topological polar surface area (TPSA) is 34.9 Å². The first kappa shape index (κ1) is 16.0. The van der Waals surface area contributed by atoms with Gasteiger partial charge in [-0.1, -0.05) is 66.7 Å². The maximum atomic E-state index is 13.2. The molecular weight excluding hydrogens is 320 g/mol. The summed E-state index contributed by atoms with van der Waals surface area (Å²) in [5.74, 6) is 0.617. The van der Waals surface area contributed by atoms with Gasteiger partial charge in [-0.15, -0.1) is 0 Å². The van der Waals surface area contributed by atoms with Crippen LogP contribution in [0.5, 0.6) is 0 Å². The lowest BCUT2D eigenvalue weighted by Crippen LogP contribution is -2.23. The van der Waals surface area contributed by atoms with E-state index in [1.54, 1.807) is 4.57 Å². The van der Waals surface area contributed by atoms with Crippen molar-refractivity contribution in [2.45, 2.75) is 6.92 Å². The lowest BCUT2D eigenvalue weighted by molar-refractivity contribution is 0.934. The van der Waals surface area contributed by atoms with Crippen molar-refractivity contribution in [2.24, 2.45) is 0 Å². The third-order valence-electron chi connectivity index (χ3n) is 4.38. The van der Waals surface area contributed by atoms with E-state index in [9.17, 15) is 4.79 Å². The van der Waals surface area contributed by atoms with Gasteiger partial charge in [-0.3, -0.25) is 9.36 Å². The van der Waals surface area contributed by atoms with Crippen molar-refractivity contribution in [1.82, 2.24) is 9.55 Å². The standard InChI is InChI=1S/C23H18N2O/c1-17-9-5-8-14-21(17)25-22(16-15-18-10-3-2-4-11-18)24-20-13-7-6-12-19(20)23(25)26/h2-16H,1H3. The van der Waals surface area contributed by atoms with E-state index in [1.165, 1.54) is 0 Å². The Morgan fingerprint density at radius 3 is 2.31 bits per heavy atom. The molecule has 0 atom stereocenters. The van der Waals surface area contributed by atoms with E-state index in [2.05, 4.69) is 0 Å². The minimum absolute atomic E-state index is 0.0578. The van der Waals surface area contributed by atoms with Crippen LogP contribution in [-0.2, 0) is 0 Å². The highest BCUT2D eigenvalue weighted by molar-refractivity contribution is 5.80. The SMILES string of the molecule is Cc1ccccc1-n1c(C=Cc2ccccc2)nc2ccccc2c1=O. The quantitative estimate of drug-likeness (QED) is 0.534. The van der Waals surface area contributed by atoms with Crippen LogP contribution in [0.25, 0.3) is 28.7 Å². The lowest BCUT2D eigenvalue weighted by Gasteiger charge is -2.13. The number of benzene rings is 3. The maximum Gasteiger partial charge on any atom is 0.266 e. The highest BCUT2D eigenvalue weighted by Crippen LogP contribution is 2.18. The van der Waals surface area contributed by atoms with Gasteiger partial charge in [-0.05, 0) is 42.3 Å². The fraction of sp³-hybridized carbons (Fsp3) is 0.0435. The number of hydrogen-bond donors (Lipinski definition) is 0. The monoisotopic (exact) mass is 338 g/mol. The molecule has 3 heteroatoms. The van der Waals surface area contributed by atoms with Gasteiger partial charge in [0.15, 0.2) is 0 Å². The third-order valence-corrected chi connectivity index (χ3v) is 4.38. The molecule has 4 aromatic rings. The fourth-order valence-corrected chi connectivity index (χ4v) is 3.04. The van der Waals surface area contributed by atoms with Gasteiger partial charge >= 0.3 is 0 Å². The second-order valence-corrected chi connectivity index (χ2v) is 6.16. The van der Waals surface area contributed by atoms with Crippen LogP contribution in [-0.4, -0.2) is 9.55 Å². The second-order valence-electron chi connectivity index (χ2n) is 6.16. The summed E-state index contributed by atoms with van der Waals surface area (Å²) in [6, 6.07) is 25.3. The molecule has 0 saturated carbocycles. The van der Waals surface area contributed by atoms with Crippen LogP contribution in [0.3, 0.4) is 0 Å². The summed E-state index contributed by atoms with van der Waals surface area (Å²) >= 11 is 0. The molecule has 3 aromatic carbocycles. The van der Waals surface area contributed by atoms with Gasteiger partial charge in [0, 0.05) is 0 Å². The molecule has 0 N–H and O–H groups in total. The Labute approximate surface area is 151 Å². The number of nitrogens with zero attached hydrogens (tertiary/aromatic N) is 2. The number of hydrogen-bond acceptors (Lipinski definition) is 2. The van der Waals surface area contributed by atoms with Crippen LogP contribution in [0.15, 0.2) is 83.7 Å². The summed E-state index contributed by atoms with van der Waals surface area (Å²) in [7, 11) is 0. The van der Waals surface area contributed by atoms with Gasteiger partial charge in [0.1, 0.15) is 5.82 Å². The van der Waals surface area contributed by atoms with E-state index < -0.39 is 0 Å². The Bertz CT molecular complexity index is 1160. The predicted octanol–water partition coefficient (Wildman–Crippen LogP) is 4.86. The first-order valence-corrected chi connectivity index (χ1v) is 8.55. The number of fused-ring (bicyclic) bond motifs is 1. The molecule has 0 aliphatic carbocycles. The molecule has 0 fully saturated rings. The van der Waals surface area contributed by atoms with Crippen molar-refractivity contribution < 1.29 is 0 Å². The Morgan fingerprint density at radius 2 is 1.50 bits per heavy atom. The lowest BCUT2D eigenvalue weighted by atomic mass is 10.1. The first-order chi connectivity index (χ1) is 12.7. The van der Waals surface area contributed by atoms with E-state index in [4.69, 9.17) is 4.98 Å². The van der Waals surface area contributed by atoms with Gasteiger partial charge in [0.05, 0.1) is 16.6 Å². The summed E-state index contributed by atoms with van der Waals surface area (Å²) in [5.41, 5.74) is 3.59. The molecule has 0 aliphatic rings. The molecule has 126 valence electrons. The summed E-state index contributed by atoms with van der Waals surface area (Å²) in [6.45, 7) is 2.00. The van der Waals surface area contributed by atoms with Crippen molar-refractivity contribution in [3.63, 3.8) is 0 Å². The van der Waals surface area contributed by atoms with Crippen LogP contribution in [0, 0.1) is 6.92 Å². The molecule has 26 heavy (non-hydrogen) atoms. The van der Waals surface area contributed by atoms with Gasteiger partial charge in [0.25, 0.3) is 5.56 Å². The molecule has 3 nitrogen and oxygen atoms in total. The number of aromatic nitrogens is 2. The van der Waals surface area contributed by atoms with Crippen LogP contribution in [0.1, 0.15) is 17.0 Å². The van der Waals surface area contributed by atoms with Crippen molar-refractivity contribution in [3.8, 4) is 5.69 Å². The van der Waals surface area contributed by atoms with Crippen molar-refractivity contribution in [3.05, 3.63) is 106 Å². The van der Waals surface area contributed by atoms with E-state index in [0.717, 1.165) is 16.8 Å². The molecule has 1 aromatic heterocycles. The molecule has 0 aliphatic heterocycles. The van der Waals surface area contributed by atoms with Gasteiger partial charge in [-0.25, -0.2) is 4.98 Å². The molecule has 0 unspecified atom stereocenters. The Hall–Kier alpha value is -3.46. The minimum atomic E-state index is -0.0578. The average molecular weight is 338 g/mol. The van der Waals surface area contributed by atoms with E-state index in [-0.39, 0.29) is 5.56 Å². The largest absolute Gasteiger partial charge is 0.268 e. The Morgan fingerprint density at radius 1 is 0.808 bits per heavy atom. The van der Waals surface area contributed by atoms with E-state index >= 15 is 0 Å². The third kappa shape index (κ3) is 2.95. The zero-order valence-electron chi connectivity index (χ0n) is 14.5. The van der Waals surface area contributed by atoms with Gasteiger partial charge in [0.2, 0.25) is 0 Å². The summed E-state index contributed by atoms with van der Waals surface area (Å²) in [4.78, 5) is 17.9. The number of para-hydroxylation sites is 2. The highest BCUT2D eigenvalue weighted by atomic mass is 16.1. The summed E-state index contributed by atoms with van der Waals surface area (Å²) < 4.78 is 1.69. The van der Waals surface area contributed by atoms with Gasteiger partial charge in [-0.2, -0.15) is 0 Å². The zero-order valence-corrected chi connectivity index (χ0v) is 14.5. The van der Waals surface area contributed by atoms with E-state index in [1.807, 2.05) is 97.9 Å². The maximum absolute atomic E-state index is 13.2.